The molecule has 1 fully saturated rings. The third-order valence-corrected chi connectivity index (χ3v) is 4.44. The van der Waals surface area contributed by atoms with E-state index in [1.54, 1.807) is 0 Å². The Bertz CT molecular complexity index is 567. The third kappa shape index (κ3) is 2.63. The van der Waals surface area contributed by atoms with Crippen molar-refractivity contribution in [2.75, 3.05) is 6.54 Å². The number of nitrogens with one attached hydrogen (secondary N) is 1. The third-order valence-electron chi connectivity index (χ3n) is 4.44. The molecule has 1 heterocycles. The lowest BCUT2D eigenvalue weighted by Gasteiger charge is -2.38. The van der Waals surface area contributed by atoms with Crippen LogP contribution < -0.4 is 5.32 Å². The normalized spacial score (nSPS) is 16.9. The van der Waals surface area contributed by atoms with Crippen molar-refractivity contribution in [2.24, 2.45) is 5.41 Å². The van der Waals surface area contributed by atoms with E-state index in [4.69, 9.17) is 0 Å². The summed E-state index contributed by atoms with van der Waals surface area (Å²) in [5, 5.41) is 3.61. The molecular formula is C17H23N3. The molecule has 3 rings (SSSR count). The van der Waals surface area contributed by atoms with Crippen LogP contribution in [0, 0.1) is 12.3 Å². The zero-order chi connectivity index (χ0) is 14.0. The van der Waals surface area contributed by atoms with E-state index < -0.39 is 0 Å². The lowest BCUT2D eigenvalue weighted by Crippen LogP contribution is -2.37. The van der Waals surface area contributed by atoms with Gasteiger partial charge in [-0.1, -0.05) is 31.5 Å². The molecule has 20 heavy (non-hydrogen) atoms. The van der Waals surface area contributed by atoms with E-state index in [2.05, 4.69) is 53.0 Å². The van der Waals surface area contributed by atoms with E-state index in [1.807, 2.05) is 12.3 Å². The van der Waals surface area contributed by atoms with Gasteiger partial charge >= 0.3 is 0 Å². The van der Waals surface area contributed by atoms with Crippen LogP contribution in [0.4, 0.5) is 0 Å². The molecule has 3 heteroatoms. The maximum atomic E-state index is 4.47. The van der Waals surface area contributed by atoms with Crippen LogP contribution in [0.2, 0.25) is 0 Å². The fraction of sp³-hybridized carbons (Fsp3) is 0.471. The predicted octanol–water partition coefficient (Wildman–Crippen LogP) is 3.46. The summed E-state index contributed by atoms with van der Waals surface area (Å²) in [6.07, 6.45) is 6.09. The number of nitrogens with zero attached hydrogens (tertiary/aromatic N) is 2. The van der Waals surface area contributed by atoms with E-state index in [1.165, 1.54) is 30.6 Å². The van der Waals surface area contributed by atoms with Crippen LogP contribution in [-0.2, 0) is 6.54 Å². The van der Waals surface area contributed by atoms with Gasteiger partial charge in [-0.05, 0) is 37.3 Å². The summed E-state index contributed by atoms with van der Waals surface area (Å²) in [4.78, 5) is 4.47. The number of imidazole rings is 1. The molecule has 0 amide bonds. The minimum atomic E-state index is 0.520. The zero-order valence-electron chi connectivity index (χ0n) is 12.4. The zero-order valence-corrected chi connectivity index (χ0v) is 12.4. The van der Waals surface area contributed by atoms with Crippen molar-refractivity contribution in [1.82, 2.24) is 14.9 Å². The highest BCUT2D eigenvalue weighted by Gasteiger charge is 2.30. The van der Waals surface area contributed by atoms with Crippen molar-refractivity contribution < 1.29 is 0 Å². The van der Waals surface area contributed by atoms with Gasteiger partial charge < -0.3 is 5.32 Å². The molecule has 0 atom stereocenters. The van der Waals surface area contributed by atoms with E-state index in [-0.39, 0.29) is 0 Å². The Balaban J connectivity index is 1.71. The Kier molecular flexibility index (Phi) is 3.62. The van der Waals surface area contributed by atoms with Crippen molar-refractivity contribution >= 4 is 0 Å². The van der Waals surface area contributed by atoms with Crippen LogP contribution >= 0.6 is 0 Å². The van der Waals surface area contributed by atoms with Gasteiger partial charge in [-0.25, -0.2) is 4.98 Å². The molecule has 106 valence electrons. The van der Waals surface area contributed by atoms with E-state index >= 15 is 0 Å². The molecule has 0 aliphatic heterocycles. The Morgan fingerprint density at radius 3 is 2.65 bits per heavy atom. The van der Waals surface area contributed by atoms with Gasteiger partial charge in [0.25, 0.3) is 0 Å². The van der Waals surface area contributed by atoms with Gasteiger partial charge in [-0.3, -0.25) is 4.57 Å². The standard InChI is InChI=1S/C17H23N3/c1-14-19-12-16(11-18-13-17(2)9-6-10-17)20(14)15-7-4-3-5-8-15/h3-5,7-8,12,18H,6,9-11,13H2,1-2H3. The van der Waals surface area contributed by atoms with Crippen LogP contribution in [0.15, 0.2) is 36.5 Å². The molecule has 0 spiro atoms. The summed E-state index contributed by atoms with van der Waals surface area (Å²) < 4.78 is 2.23. The molecule has 1 N–H and O–H groups in total. The van der Waals surface area contributed by atoms with Gasteiger partial charge in [0, 0.05) is 18.8 Å². The lowest BCUT2D eigenvalue weighted by atomic mass is 9.70. The summed E-state index contributed by atoms with van der Waals surface area (Å²) >= 11 is 0. The van der Waals surface area contributed by atoms with Crippen molar-refractivity contribution in [2.45, 2.75) is 39.7 Å². The number of hydrogen-bond donors (Lipinski definition) is 1. The Labute approximate surface area is 121 Å². The minimum Gasteiger partial charge on any atom is -0.311 e. The van der Waals surface area contributed by atoms with Gasteiger partial charge in [-0.15, -0.1) is 0 Å². The fourth-order valence-electron chi connectivity index (χ4n) is 3.00. The Hall–Kier alpha value is -1.61. The monoisotopic (exact) mass is 269 g/mol. The number of aryl methyl sites for hydroxylation is 1. The second-order valence-electron chi connectivity index (χ2n) is 6.24. The van der Waals surface area contributed by atoms with E-state index in [9.17, 15) is 0 Å². The molecule has 0 radical (unpaired) electrons. The molecule has 1 saturated carbocycles. The SMILES string of the molecule is Cc1ncc(CNCC2(C)CCC2)n1-c1ccccc1. The number of para-hydroxylation sites is 1. The van der Waals surface area contributed by atoms with Crippen LogP contribution in [0.3, 0.4) is 0 Å². The first kappa shape index (κ1) is 13.4. The summed E-state index contributed by atoms with van der Waals surface area (Å²) in [5.41, 5.74) is 2.94. The number of aromatic nitrogens is 2. The van der Waals surface area contributed by atoms with Crippen molar-refractivity contribution in [3.05, 3.63) is 48.0 Å². The summed E-state index contributed by atoms with van der Waals surface area (Å²) in [6, 6.07) is 10.4. The minimum absolute atomic E-state index is 0.520. The molecule has 1 aliphatic rings. The topological polar surface area (TPSA) is 29.9 Å². The summed E-state index contributed by atoms with van der Waals surface area (Å²) in [7, 11) is 0. The van der Waals surface area contributed by atoms with Crippen molar-refractivity contribution in [1.29, 1.82) is 0 Å². The van der Waals surface area contributed by atoms with Crippen molar-refractivity contribution in [3.63, 3.8) is 0 Å². The van der Waals surface area contributed by atoms with Crippen LogP contribution in [0.25, 0.3) is 5.69 Å². The number of hydrogen-bond acceptors (Lipinski definition) is 2. The maximum Gasteiger partial charge on any atom is 0.110 e. The molecule has 0 bridgehead atoms. The first-order valence-corrected chi connectivity index (χ1v) is 7.47. The molecule has 1 aromatic heterocycles. The van der Waals surface area contributed by atoms with Crippen molar-refractivity contribution in [3.8, 4) is 5.69 Å². The molecule has 0 saturated heterocycles. The highest BCUT2D eigenvalue weighted by Crippen LogP contribution is 2.39. The average Bonchev–Trinajstić information content (AvgIpc) is 2.79. The van der Waals surface area contributed by atoms with E-state index in [0.717, 1.165) is 18.9 Å². The first-order valence-electron chi connectivity index (χ1n) is 7.47. The number of benzene rings is 1. The molecular weight excluding hydrogens is 246 g/mol. The van der Waals surface area contributed by atoms with Gasteiger partial charge in [0.1, 0.15) is 5.82 Å². The lowest BCUT2D eigenvalue weighted by molar-refractivity contribution is 0.156. The second kappa shape index (κ2) is 5.41. The molecule has 2 aromatic rings. The van der Waals surface area contributed by atoms with E-state index in [0.29, 0.717) is 5.41 Å². The number of rotatable bonds is 5. The predicted molar refractivity (Wildman–Crippen MR) is 82.0 cm³/mol. The van der Waals surface area contributed by atoms with Gasteiger partial charge in [0.2, 0.25) is 0 Å². The highest BCUT2D eigenvalue weighted by atomic mass is 15.1. The molecule has 1 aromatic carbocycles. The largest absolute Gasteiger partial charge is 0.311 e. The van der Waals surface area contributed by atoms with Crippen LogP contribution in [0.1, 0.15) is 37.7 Å². The second-order valence-corrected chi connectivity index (χ2v) is 6.24. The Morgan fingerprint density at radius 2 is 2.00 bits per heavy atom. The summed E-state index contributed by atoms with van der Waals surface area (Å²) in [5.74, 6) is 1.04. The Morgan fingerprint density at radius 1 is 1.25 bits per heavy atom. The molecule has 1 aliphatic carbocycles. The smallest absolute Gasteiger partial charge is 0.110 e. The van der Waals surface area contributed by atoms with Gasteiger partial charge in [0.15, 0.2) is 0 Å². The van der Waals surface area contributed by atoms with Gasteiger partial charge in [0.05, 0.1) is 11.9 Å². The van der Waals surface area contributed by atoms with Crippen LogP contribution in [0.5, 0.6) is 0 Å². The quantitative estimate of drug-likeness (QED) is 0.901. The average molecular weight is 269 g/mol. The van der Waals surface area contributed by atoms with Gasteiger partial charge in [-0.2, -0.15) is 0 Å². The molecule has 3 nitrogen and oxygen atoms in total. The fourth-order valence-corrected chi connectivity index (χ4v) is 3.00. The highest BCUT2D eigenvalue weighted by molar-refractivity contribution is 5.35. The molecule has 0 unspecified atom stereocenters. The summed E-state index contributed by atoms with van der Waals surface area (Å²) in [6.45, 7) is 6.42. The first-order chi connectivity index (χ1) is 9.68. The van der Waals surface area contributed by atoms with Crippen LogP contribution in [-0.4, -0.2) is 16.1 Å². The maximum absolute atomic E-state index is 4.47.